The molecule has 4 heteroatoms. The Kier molecular flexibility index (Phi) is 3.85. The second-order valence-corrected chi connectivity index (χ2v) is 4.38. The number of hydrogen-bond donors (Lipinski definition) is 2. The molecule has 0 spiro atoms. The van der Waals surface area contributed by atoms with Gasteiger partial charge >= 0.3 is 0 Å². The summed E-state index contributed by atoms with van der Waals surface area (Å²) in [5.41, 5.74) is 6.35. The molecule has 0 aliphatic heterocycles. The van der Waals surface area contributed by atoms with E-state index in [-0.39, 0.29) is 5.91 Å². The zero-order valence-electron chi connectivity index (χ0n) is 9.82. The van der Waals surface area contributed by atoms with E-state index in [1.807, 2.05) is 18.2 Å². The Labute approximate surface area is 101 Å². The van der Waals surface area contributed by atoms with Gasteiger partial charge in [0.2, 0.25) is 5.91 Å². The number of nitrogen functional groups attached to an aromatic ring is 1. The number of anilines is 1. The minimum Gasteiger partial charge on any atom is -0.490 e. The van der Waals surface area contributed by atoms with Crippen LogP contribution in [0, 0.1) is 5.92 Å². The quantitative estimate of drug-likeness (QED) is 0.580. The Bertz CT molecular complexity index is 389. The van der Waals surface area contributed by atoms with E-state index in [2.05, 4.69) is 5.32 Å². The summed E-state index contributed by atoms with van der Waals surface area (Å²) in [7, 11) is 0. The molecule has 4 nitrogen and oxygen atoms in total. The first-order chi connectivity index (χ1) is 8.25. The van der Waals surface area contributed by atoms with Gasteiger partial charge in [0.05, 0.1) is 12.2 Å². The fourth-order valence-electron chi connectivity index (χ4n) is 1.62. The summed E-state index contributed by atoms with van der Waals surface area (Å²) >= 11 is 0. The molecule has 92 valence electrons. The highest BCUT2D eigenvalue weighted by Crippen LogP contribution is 2.31. The lowest BCUT2D eigenvalue weighted by Gasteiger charge is -2.09. The van der Waals surface area contributed by atoms with Crippen LogP contribution >= 0.6 is 0 Å². The van der Waals surface area contributed by atoms with Gasteiger partial charge < -0.3 is 15.8 Å². The normalized spacial score (nSPS) is 14.4. The van der Waals surface area contributed by atoms with E-state index in [0.29, 0.717) is 36.9 Å². The average Bonchev–Trinajstić information content (AvgIpc) is 3.10. The van der Waals surface area contributed by atoms with Crippen LogP contribution in [-0.4, -0.2) is 19.1 Å². The first kappa shape index (κ1) is 11.8. The number of carbonyl (C=O) groups is 1. The molecular weight excluding hydrogens is 216 g/mol. The summed E-state index contributed by atoms with van der Waals surface area (Å²) in [4.78, 5) is 11.4. The Morgan fingerprint density at radius 1 is 1.41 bits per heavy atom. The molecule has 1 amide bonds. The highest BCUT2D eigenvalue weighted by Gasteiger charge is 2.23. The summed E-state index contributed by atoms with van der Waals surface area (Å²) in [6, 6.07) is 7.35. The van der Waals surface area contributed by atoms with Crippen molar-refractivity contribution >= 4 is 11.6 Å². The number of carbonyl (C=O) groups excluding carboxylic acids is 1. The van der Waals surface area contributed by atoms with Crippen molar-refractivity contribution in [1.29, 1.82) is 0 Å². The smallest absolute Gasteiger partial charge is 0.220 e. The van der Waals surface area contributed by atoms with Crippen molar-refractivity contribution in [3.8, 4) is 5.75 Å². The predicted octanol–water partition coefficient (Wildman–Crippen LogP) is 1.56. The average molecular weight is 234 g/mol. The van der Waals surface area contributed by atoms with Crippen molar-refractivity contribution < 1.29 is 9.53 Å². The van der Waals surface area contributed by atoms with E-state index >= 15 is 0 Å². The highest BCUT2D eigenvalue weighted by atomic mass is 16.5. The lowest BCUT2D eigenvalue weighted by atomic mass is 10.3. The van der Waals surface area contributed by atoms with Crippen LogP contribution in [0.4, 0.5) is 5.69 Å². The van der Waals surface area contributed by atoms with Crippen LogP contribution < -0.4 is 15.8 Å². The van der Waals surface area contributed by atoms with E-state index in [0.717, 1.165) is 0 Å². The molecule has 0 radical (unpaired) electrons. The zero-order chi connectivity index (χ0) is 12.1. The molecule has 1 aromatic carbocycles. The molecule has 17 heavy (non-hydrogen) atoms. The van der Waals surface area contributed by atoms with Gasteiger partial charge in [-0.2, -0.15) is 0 Å². The molecule has 1 aliphatic carbocycles. The van der Waals surface area contributed by atoms with Crippen molar-refractivity contribution in [2.75, 3.05) is 18.9 Å². The topological polar surface area (TPSA) is 64.3 Å². The second-order valence-electron chi connectivity index (χ2n) is 4.38. The van der Waals surface area contributed by atoms with E-state index in [1.165, 1.54) is 12.8 Å². The fourth-order valence-corrected chi connectivity index (χ4v) is 1.62. The van der Waals surface area contributed by atoms with Gasteiger partial charge in [0.1, 0.15) is 12.4 Å². The first-order valence-electron chi connectivity index (χ1n) is 5.99. The zero-order valence-corrected chi connectivity index (χ0v) is 9.82. The fraction of sp³-hybridized carbons (Fsp3) is 0.462. The molecule has 3 N–H and O–H groups in total. The summed E-state index contributed by atoms with van der Waals surface area (Å²) in [5, 5.41) is 2.84. The number of para-hydroxylation sites is 2. The van der Waals surface area contributed by atoms with Crippen molar-refractivity contribution in [1.82, 2.24) is 5.32 Å². The maximum atomic E-state index is 11.4. The number of amides is 1. The van der Waals surface area contributed by atoms with Crippen LogP contribution in [0.15, 0.2) is 24.3 Å². The molecule has 0 saturated heterocycles. The van der Waals surface area contributed by atoms with Crippen molar-refractivity contribution in [2.45, 2.75) is 19.3 Å². The van der Waals surface area contributed by atoms with Gasteiger partial charge in [-0.05, 0) is 30.9 Å². The number of rotatable bonds is 6. The van der Waals surface area contributed by atoms with Crippen LogP contribution in [-0.2, 0) is 4.79 Å². The van der Waals surface area contributed by atoms with Crippen LogP contribution in [0.5, 0.6) is 5.75 Å². The number of nitrogens with two attached hydrogens (primary N) is 1. The maximum absolute atomic E-state index is 11.4. The lowest BCUT2D eigenvalue weighted by Crippen LogP contribution is -2.28. The van der Waals surface area contributed by atoms with E-state index in [9.17, 15) is 4.79 Å². The SMILES string of the molecule is Nc1ccccc1OCCNC(=O)CC1CC1. The number of nitrogens with one attached hydrogen (secondary N) is 1. The van der Waals surface area contributed by atoms with Gasteiger partial charge in [-0.15, -0.1) is 0 Å². The Morgan fingerprint density at radius 2 is 2.18 bits per heavy atom. The maximum Gasteiger partial charge on any atom is 0.220 e. The Balaban J connectivity index is 1.62. The molecule has 2 rings (SSSR count). The summed E-state index contributed by atoms with van der Waals surface area (Å²) in [5.74, 6) is 1.42. The van der Waals surface area contributed by atoms with Crippen molar-refractivity contribution in [3.05, 3.63) is 24.3 Å². The van der Waals surface area contributed by atoms with Crippen LogP contribution in [0.3, 0.4) is 0 Å². The third-order valence-corrected chi connectivity index (χ3v) is 2.77. The molecule has 1 aliphatic rings. The third-order valence-electron chi connectivity index (χ3n) is 2.77. The number of hydrogen-bond acceptors (Lipinski definition) is 3. The van der Waals surface area contributed by atoms with Gasteiger partial charge in [-0.3, -0.25) is 4.79 Å². The van der Waals surface area contributed by atoms with Gasteiger partial charge in [0.25, 0.3) is 0 Å². The van der Waals surface area contributed by atoms with Crippen LogP contribution in [0.25, 0.3) is 0 Å². The molecule has 0 bridgehead atoms. The van der Waals surface area contributed by atoms with Gasteiger partial charge in [0.15, 0.2) is 0 Å². The molecule has 0 aromatic heterocycles. The van der Waals surface area contributed by atoms with E-state index < -0.39 is 0 Å². The molecule has 1 saturated carbocycles. The van der Waals surface area contributed by atoms with E-state index in [4.69, 9.17) is 10.5 Å². The Morgan fingerprint density at radius 3 is 2.88 bits per heavy atom. The summed E-state index contributed by atoms with van der Waals surface area (Å²) < 4.78 is 5.47. The molecule has 1 aromatic rings. The summed E-state index contributed by atoms with van der Waals surface area (Å²) in [6.45, 7) is 0.977. The summed E-state index contributed by atoms with van der Waals surface area (Å²) in [6.07, 6.45) is 3.06. The highest BCUT2D eigenvalue weighted by molar-refractivity contribution is 5.76. The molecular formula is C13H18N2O2. The third kappa shape index (κ3) is 3.98. The molecule has 0 atom stereocenters. The minimum atomic E-state index is 0.122. The largest absolute Gasteiger partial charge is 0.490 e. The van der Waals surface area contributed by atoms with Gasteiger partial charge in [0, 0.05) is 6.42 Å². The van der Waals surface area contributed by atoms with Crippen LogP contribution in [0.1, 0.15) is 19.3 Å². The molecule has 0 unspecified atom stereocenters. The van der Waals surface area contributed by atoms with Gasteiger partial charge in [-0.25, -0.2) is 0 Å². The van der Waals surface area contributed by atoms with Crippen molar-refractivity contribution in [3.63, 3.8) is 0 Å². The van der Waals surface area contributed by atoms with Crippen molar-refractivity contribution in [2.24, 2.45) is 5.92 Å². The monoisotopic (exact) mass is 234 g/mol. The first-order valence-corrected chi connectivity index (χ1v) is 5.99. The Hall–Kier alpha value is -1.71. The van der Waals surface area contributed by atoms with Gasteiger partial charge in [-0.1, -0.05) is 12.1 Å². The number of ether oxygens (including phenoxy) is 1. The molecule has 1 fully saturated rings. The standard InChI is InChI=1S/C13H18N2O2/c14-11-3-1-2-4-12(11)17-8-7-15-13(16)9-10-5-6-10/h1-4,10H,5-9,14H2,(H,15,16). The lowest BCUT2D eigenvalue weighted by molar-refractivity contribution is -0.121. The number of benzene rings is 1. The predicted molar refractivity (Wildman–Crippen MR) is 66.7 cm³/mol. The minimum absolute atomic E-state index is 0.122. The van der Waals surface area contributed by atoms with E-state index in [1.54, 1.807) is 6.07 Å². The van der Waals surface area contributed by atoms with Crippen LogP contribution in [0.2, 0.25) is 0 Å². The second kappa shape index (κ2) is 5.57. The molecule has 0 heterocycles.